The number of hydrogen-bond donors (Lipinski definition) is 1. The molecule has 2 heterocycles. The molecule has 1 aliphatic carbocycles. The summed E-state index contributed by atoms with van der Waals surface area (Å²) in [5.74, 6) is -0.0864. The molecule has 2 saturated heterocycles. The molecule has 35 heavy (non-hydrogen) atoms. The van der Waals surface area contributed by atoms with E-state index in [4.69, 9.17) is 0 Å². The topological polar surface area (TPSA) is 52.7 Å². The fourth-order valence-corrected chi connectivity index (χ4v) is 5.88. The molecule has 2 aliphatic heterocycles. The highest BCUT2D eigenvalue weighted by atomic mass is 16.2. The van der Waals surface area contributed by atoms with Crippen LogP contribution in [-0.4, -0.2) is 42.4 Å². The number of carbonyl (C=O) groups excluding carboxylic acids is 2. The second kappa shape index (κ2) is 10.5. The molecule has 1 N–H and O–H groups in total. The molecule has 0 saturated carbocycles. The van der Waals surface area contributed by atoms with Crippen LogP contribution in [0, 0.1) is 18.8 Å². The van der Waals surface area contributed by atoms with Gasteiger partial charge in [-0.05, 0) is 68.9 Å². The van der Waals surface area contributed by atoms with E-state index in [-0.39, 0.29) is 29.7 Å². The van der Waals surface area contributed by atoms with Crippen molar-refractivity contribution in [3.63, 3.8) is 0 Å². The summed E-state index contributed by atoms with van der Waals surface area (Å²) in [7, 11) is 0. The summed E-state index contributed by atoms with van der Waals surface area (Å²) in [4.78, 5) is 31.8. The minimum absolute atomic E-state index is 0.0128. The first-order valence-corrected chi connectivity index (χ1v) is 13.0. The number of anilines is 2. The van der Waals surface area contributed by atoms with Crippen molar-refractivity contribution >= 4 is 23.2 Å². The number of nitrogens with zero attached hydrogens (tertiary/aromatic N) is 2. The van der Waals surface area contributed by atoms with Gasteiger partial charge >= 0.3 is 0 Å². The average Bonchev–Trinajstić information content (AvgIpc) is 3.44. The number of nitrogens with one attached hydrogen (secondary N) is 1. The molecule has 5 nitrogen and oxygen atoms in total. The number of carbonyl (C=O) groups is 2. The lowest BCUT2D eigenvalue weighted by Gasteiger charge is -2.44. The van der Waals surface area contributed by atoms with Gasteiger partial charge in [0.15, 0.2) is 0 Å². The second-order valence-electron chi connectivity index (χ2n) is 10.00. The Balaban J connectivity index is 1.40. The van der Waals surface area contributed by atoms with Gasteiger partial charge in [0, 0.05) is 42.5 Å². The largest absolute Gasteiger partial charge is 0.371 e. The molecule has 5 rings (SSSR count). The van der Waals surface area contributed by atoms with Gasteiger partial charge in [-0.2, -0.15) is 0 Å². The predicted molar refractivity (Wildman–Crippen MR) is 142 cm³/mol. The smallest absolute Gasteiger partial charge is 0.254 e. The highest BCUT2D eigenvalue weighted by Gasteiger charge is 2.42. The Morgan fingerprint density at radius 3 is 2.54 bits per heavy atom. The van der Waals surface area contributed by atoms with E-state index >= 15 is 0 Å². The number of likely N-dealkylation sites (tertiary alicyclic amines) is 1. The zero-order chi connectivity index (χ0) is 24.2. The lowest BCUT2D eigenvalue weighted by atomic mass is 9.77. The van der Waals surface area contributed by atoms with E-state index in [0.29, 0.717) is 6.54 Å². The van der Waals surface area contributed by atoms with Crippen LogP contribution in [0.2, 0.25) is 0 Å². The van der Waals surface area contributed by atoms with E-state index in [1.54, 1.807) is 0 Å². The third kappa shape index (κ3) is 5.04. The van der Waals surface area contributed by atoms with E-state index in [1.807, 2.05) is 60.4 Å². The third-order valence-corrected chi connectivity index (χ3v) is 7.70. The van der Waals surface area contributed by atoms with Crippen molar-refractivity contribution in [2.75, 3.05) is 29.9 Å². The van der Waals surface area contributed by atoms with Gasteiger partial charge in [0.1, 0.15) is 0 Å². The lowest BCUT2D eigenvalue weighted by Crippen LogP contribution is -2.55. The predicted octanol–water partition coefficient (Wildman–Crippen LogP) is 5.59. The summed E-state index contributed by atoms with van der Waals surface area (Å²) in [5, 5.41) is 3.21. The first-order chi connectivity index (χ1) is 17.1. The SMILES string of the molecule is Cc1ccccc1C(=O)N1CCCC(C(=O)Nc2cccc(N3CCCC3)c2)[C@@H]1C1C=CC=CC1. The van der Waals surface area contributed by atoms with Crippen LogP contribution in [0.15, 0.2) is 72.8 Å². The van der Waals surface area contributed by atoms with Crippen molar-refractivity contribution in [2.24, 2.45) is 11.8 Å². The van der Waals surface area contributed by atoms with E-state index in [0.717, 1.165) is 54.9 Å². The fourth-order valence-electron chi connectivity index (χ4n) is 5.88. The van der Waals surface area contributed by atoms with E-state index in [1.165, 1.54) is 12.8 Å². The van der Waals surface area contributed by atoms with E-state index in [9.17, 15) is 9.59 Å². The zero-order valence-corrected chi connectivity index (χ0v) is 20.5. The summed E-state index contributed by atoms with van der Waals surface area (Å²) in [6.45, 7) is 4.80. The van der Waals surface area contributed by atoms with Crippen molar-refractivity contribution in [3.05, 3.63) is 84.0 Å². The number of amides is 2. The number of hydrogen-bond acceptors (Lipinski definition) is 3. The lowest BCUT2D eigenvalue weighted by molar-refractivity contribution is -0.123. The number of aryl methyl sites for hydroxylation is 1. The standard InChI is InChI=1S/C30H35N3O2/c1-22-11-5-6-16-26(22)30(35)33-20-10-17-27(28(33)23-12-3-2-4-13-23)29(34)31-24-14-9-15-25(21-24)32-18-7-8-19-32/h2-6,9,11-12,14-16,21,23,27-28H,7-8,10,13,17-20H2,1H3,(H,31,34)/t23?,27?,28-/m0/s1. The second-order valence-corrected chi connectivity index (χ2v) is 10.00. The molecule has 0 bridgehead atoms. The Morgan fingerprint density at radius 2 is 1.77 bits per heavy atom. The van der Waals surface area contributed by atoms with Gasteiger partial charge in [-0.3, -0.25) is 9.59 Å². The zero-order valence-electron chi connectivity index (χ0n) is 20.5. The normalized spacial score (nSPS) is 24.0. The molecule has 2 aromatic rings. The highest BCUT2D eigenvalue weighted by Crippen LogP contribution is 2.35. The van der Waals surface area contributed by atoms with Crippen LogP contribution < -0.4 is 10.2 Å². The van der Waals surface area contributed by atoms with Gasteiger partial charge in [-0.15, -0.1) is 0 Å². The number of allylic oxidation sites excluding steroid dienone is 3. The van der Waals surface area contributed by atoms with Crippen LogP contribution in [0.25, 0.3) is 0 Å². The molecule has 0 spiro atoms. The average molecular weight is 470 g/mol. The van der Waals surface area contributed by atoms with Crippen LogP contribution >= 0.6 is 0 Å². The molecule has 3 aliphatic rings. The summed E-state index contributed by atoms with van der Waals surface area (Å²) in [6.07, 6.45) is 13.3. The monoisotopic (exact) mass is 469 g/mol. The fraction of sp³-hybridized carbons (Fsp3) is 0.400. The Bertz CT molecular complexity index is 1130. The minimum atomic E-state index is -0.256. The van der Waals surface area contributed by atoms with Gasteiger partial charge in [0.2, 0.25) is 5.91 Å². The molecule has 2 unspecified atom stereocenters. The Labute approximate surface area is 208 Å². The Kier molecular flexibility index (Phi) is 7.03. The molecular formula is C30H35N3O2. The van der Waals surface area contributed by atoms with Crippen LogP contribution in [0.4, 0.5) is 11.4 Å². The first kappa shape index (κ1) is 23.4. The highest BCUT2D eigenvalue weighted by molar-refractivity contribution is 5.98. The van der Waals surface area contributed by atoms with Crippen molar-refractivity contribution in [3.8, 4) is 0 Å². The minimum Gasteiger partial charge on any atom is -0.371 e. The number of rotatable bonds is 5. The molecule has 2 amide bonds. The van der Waals surface area contributed by atoms with Gasteiger partial charge in [0.25, 0.3) is 5.91 Å². The summed E-state index contributed by atoms with van der Waals surface area (Å²) >= 11 is 0. The van der Waals surface area contributed by atoms with E-state index < -0.39 is 0 Å². The molecule has 0 radical (unpaired) electrons. The third-order valence-electron chi connectivity index (χ3n) is 7.70. The van der Waals surface area contributed by atoms with Crippen molar-refractivity contribution in [1.29, 1.82) is 0 Å². The maximum Gasteiger partial charge on any atom is 0.254 e. The summed E-state index contributed by atoms with van der Waals surface area (Å²) in [5.41, 5.74) is 3.70. The molecule has 3 atom stereocenters. The maximum atomic E-state index is 13.7. The maximum absolute atomic E-state index is 13.7. The van der Waals surface area contributed by atoms with Crippen LogP contribution in [0.5, 0.6) is 0 Å². The Morgan fingerprint density at radius 1 is 0.943 bits per heavy atom. The van der Waals surface area contributed by atoms with Crippen LogP contribution in [0.1, 0.15) is 48.0 Å². The van der Waals surface area contributed by atoms with E-state index in [2.05, 4.69) is 34.5 Å². The van der Waals surface area contributed by atoms with Gasteiger partial charge in [-0.1, -0.05) is 48.6 Å². The summed E-state index contributed by atoms with van der Waals surface area (Å²) in [6, 6.07) is 15.8. The first-order valence-electron chi connectivity index (χ1n) is 13.0. The molecule has 182 valence electrons. The van der Waals surface area contributed by atoms with Gasteiger partial charge < -0.3 is 15.1 Å². The van der Waals surface area contributed by atoms with Crippen molar-refractivity contribution < 1.29 is 9.59 Å². The molecular weight excluding hydrogens is 434 g/mol. The van der Waals surface area contributed by atoms with Gasteiger partial charge in [-0.25, -0.2) is 0 Å². The van der Waals surface area contributed by atoms with Crippen molar-refractivity contribution in [2.45, 2.75) is 45.1 Å². The molecule has 2 aromatic carbocycles. The van der Waals surface area contributed by atoms with Crippen molar-refractivity contribution in [1.82, 2.24) is 4.90 Å². The van der Waals surface area contributed by atoms with Crippen LogP contribution in [-0.2, 0) is 4.79 Å². The molecule has 0 aromatic heterocycles. The summed E-state index contributed by atoms with van der Waals surface area (Å²) < 4.78 is 0. The molecule has 5 heteroatoms. The quantitative estimate of drug-likeness (QED) is 0.621. The van der Waals surface area contributed by atoms with Crippen LogP contribution in [0.3, 0.4) is 0 Å². The van der Waals surface area contributed by atoms with Gasteiger partial charge in [0.05, 0.1) is 12.0 Å². The molecule has 2 fully saturated rings. The number of benzene rings is 2. The Hall–Kier alpha value is -3.34. The number of piperidine rings is 1.